The summed E-state index contributed by atoms with van der Waals surface area (Å²) in [5.41, 5.74) is 0.280. The Labute approximate surface area is 170 Å². The van der Waals surface area contributed by atoms with Gasteiger partial charge in [0.25, 0.3) is 12.2 Å². The molecule has 0 aliphatic rings. The van der Waals surface area contributed by atoms with Crippen molar-refractivity contribution in [2.24, 2.45) is 11.7 Å². The molecule has 0 saturated heterocycles. The van der Waals surface area contributed by atoms with Crippen LogP contribution in [0.3, 0.4) is 0 Å². The van der Waals surface area contributed by atoms with Crippen molar-refractivity contribution >= 4 is 35.2 Å². The Kier molecular flexibility index (Phi) is 6.60. The SMILES string of the molecule is CC(C)(Oc1cccc(/[N+](N)=C/NN)c1)C(=O)Nc1ccc(Cl)c(C(F)(F)F)c1. The minimum absolute atomic E-state index is 0.0612. The molecule has 2 aromatic rings. The molecule has 0 fully saturated rings. The fourth-order valence-corrected chi connectivity index (χ4v) is 2.53. The van der Waals surface area contributed by atoms with E-state index in [1.807, 2.05) is 0 Å². The molecule has 11 heteroatoms. The highest BCUT2D eigenvalue weighted by Gasteiger charge is 2.34. The van der Waals surface area contributed by atoms with Gasteiger partial charge in [0.1, 0.15) is 5.75 Å². The van der Waals surface area contributed by atoms with Crippen molar-refractivity contribution in [1.29, 1.82) is 0 Å². The number of rotatable bonds is 6. The highest BCUT2D eigenvalue weighted by molar-refractivity contribution is 6.31. The molecular formula is C18H20ClF3N5O2+. The number of alkyl halides is 3. The Hall–Kier alpha value is -2.98. The predicted molar refractivity (Wildman–Crippen MR) is 104 cm³/mol. The summed E-state index contributed by atoms with van der Waals surface area (Å²) in [5, 5.41) is 1.95. The van der Waals surface area contributed by atoms with Crippen molar-refractivity contribution in [3.63, 3.8) is 0 Å². The van der Waals surface area contributed by atoms with Crippen LogP contribution in [-0.4, -0.2) is 22.5 Å². The van der Waals surface area contributed by atoms with E-state index in [2.05, 4.69) is 10.7 Å². The number of ether oxygens (including phenoxy) is 1. The second-order valence-electron chi connectivity index (χ2n) is 6.46. The summed E-state index contributed by atoms with van der Waals surface area (Å²) in [6.45, 7) is 2.95. The zero-order valence-electron chi connectivity index (χ0n) is 15.5. The number of carbonyl (C=O) groups is 1. The smallest absolute Gasteiger partial charge is 0.417 e. The number of nitrogens with zero attached hydrogens (tertiary/aromatic N) is 1. The number of halogens is 4. The van der Waals surface area contributed by atoms with Gasteiger partial charge in [0, 0.05) is 11.8 Å². The molecule has 29 heavy (non-hydrogen) atoms. The van der Waals surface area contributed by atoms with Crippen LogP contribution in [0.2, 0.25) is 5.02 Å². The van der Waals surface area contributed by atoms with Gasteiger partial charge in [0.2, 0.25) is 0 Å². The largest absolute Gasteiger partial charge is 0.478 e. The summed E-state index contributed by atoms with van der Waals surface area (Å²) < 4.78 is 45.9. The van der Waals surface area contributed by atoms with Crippen LogP contribution >= 0.6 is 11.6 Å². The molecule has 0 aliphatic heterocycles. The molecule has 0 aromatic heterocycles. The molecule has 0 atom stereocenters. The van der Waals surface area contributed by atoms with Crippen molar-refractivity contribution in [2.45, 2.75) is 25.6 Å². The zero-order valence-corrected chi connectivity index (χ0v) is 16.3. The molecule has 0 bridgehead atoms. The predicted octanol–water partition coefficient (Wildman–Crippen LogP) is 3.16. The first kappa shape index (κ1) is 22.3. The lowest BCUT2D eigenvalue weighted by Crippen LogP contribution is -2.42. The third-order valence-electron chi connectivity index (χ3n) is 3.78. The van der Waals surface area contributed by atoms with Crippen LogP contribution in [0.4, 0.5) is 24.5 Å². The summed E-state index contributed by atoms with van der Waals surface area (Å²) in [7, 11) is 0. The number of amides is 1. The third-order valence-corrected chi connectivity index (χ3v) is 4.11. The lowest BCUT2D eigenvalue weighted by atomic mass is 10.1. The Morgan fingerprint density at radius 3 is 2.52 bits per heavy atom. The molecular weight excluding hydrogens is 411 g/mol. The van der Waals surface area contributed by atoms with E-state index in [9.17, 15) is 18.0 Å². The number of hydrogen-bond donors (Lipinski definition) is 4. The lowest BCUT2D eigenvalue weighted by molar-refractivity contribution is -0.449. The number of carbonyl (C=O) groups excluding carboxylic acids is 1. The van der Waals surface area contributed by atoms with Gasteiger partial charge in [-0.1, -0.05) is 17.7 Å². The van der Waals surface area contributed by atoms with Crippen LogP contribution in [0.5, 0.6) is 5.75 Å². The van der Waals surface area contributed by atoms with Gasteiger partial charge in [0.05, 0.1) is 10.6 Å². The maximum Gasteiger partial charge on any atom is 0.417 e. The fraction of sp³-hybridized carbons (Fsp3) is 0.222. The Morgan fingerprint density at radius 2 is 1.90 bits per heavy atom. The molecule has 2 aromatic carbocycles. The van der Waals surface area contributed by atoms with E-state index in [1.54, 1.807) is 24.3 Å². The van der Waals surface area contributed by atoms with Crippen LogP contribution in [0.15, 0.2) is 42.5 Å². The number of nitrogens with two attached hydrogens (primary N) is 2. The molecule has 0 heterocycles. The Bertz CT molecular complexity index is 932. The lowest BCUT2D eigenvalue weighted by Gasteiger charge is -2.25. The number of hydrazine groups is 2. The monoisotopic (exact) mass is 430 g/mol. The topological polar surface area (TPSA) is 105 Å². The van der Waals surface area contributed by atoms with E-state index in [-0.39, 0.29) is 5.69 Å². The molecule has 7 nitrogen and oxygen atoms in total. The van der Waals surface area contributed by atoms with Crippen molar-refractivity contribution in [1.82, 2.24) is 5.43 Å². The van der Waals surface area contributed by atoms with Crippen LogP contribution < -0.4 is 27.2 Å². The standard InChI is InChI=1S/C18H19ClF3N5O2/c1-17(2,29-13-5-3-4-12(9-13)27(24)10-25-23)16(28)26-11-6-7-15(19)14(8-11)18(20,21)22/h3-10H,23-24H2,1-2H3,(H,26,28)/p+1. The van der Waals surface area contributed by atoms with Gasteiger partial charge in [-0.15, -0.1) is 4.68 Å². The second-order valence-corrected chi connectivity index (χ2v) is 6.87. The van der Waals surface area contributed by atoms with Gasteiger partial charge in [-0.25, -0.2) is 5.43 Å². The van der Waals surface area contributed by atoms with E-state index in [0.717, 1.165) is 12.1 Å². The number of hydrogen-bond acceptors (Lipinski definition) is 4. The summed E-state index contributed by atoms with van der Waals surface area (Å²) in [6.07, 6.45) is -3.34. The minimum atomic E-state index is -4.65. The van der Waals surface area contributed by atoms with E-state index < -0.39 is 28.3 Å². The highest BCUT2D eigenvalue weighted by Crippen LogP contribution is 2.36. The fourth-order valence-electron chi connectivity index (χ4n) is 2.31. The summed E-state index contributed by atoms with van der Waals surface area (Å²) in [4.78, 5) is 12.6. The molecule has 156 valence electrons. The van der Waals surface area contributed by atoms with Crippen molar-refractivity contribution in [3.05, 3.63) is 53.1 Å². The Morgan fingerprint density at radius 1 is 1.21 bits per heavy atom. The third kappa shape index (κ3) is 5.75. The van der Waals surface area contributed by atoms with Crippen LogP contribution in [0.1, 0.15) is 19.4 Å². The second kappa shape index (κ2) is 8.58. The minimum Gasteiger partial charge on any atom is -0.478 e. The summed E-state index contributed by atoms with van der Waals surface area (Å²) in [6, 6.07) is 9.60. The van der Waals surface area contributed by atoms with Crippen molar-refractivity contribution in [2.75, 3.05) is 5.32 Å². The first-order valence-electron chi connectivity index (χ1n) is 8.25. The van der Waals surface area contributed by atoms with E-state index in [4.69, 9.17) is 28.0 Å². The Balaban J connectivity index is 2.19. The van der Waals surface area contributed by atoms with Gasteiger partial charge < -0.3 is 10.1 Å². The van der Waals surface area contributed by atoms with Gasteiger partial charge in [-0.3, -0.25) is 10.6 Å². The van der Waals surface area contributed by atoms with Crippen LogP contribution in [0.25, 0.3) is 0 Å². The van der Waals surface area contributed by atoms with Gasteiger partial charge >= 0.3 is 6.18 Å². The maximum absolute atomic E-state index is 13.0. The van der Waals surface area contributed by atoms with Crippen molar-refractivity contribution < 1.29 is 27.4 Å². The van der Waals surface area contributed by atoms with Gasteiger partial charge in [-0.05, 0) is 44.2 Å². The average Bonchev–Trinajstić information content (AvgIpc) is 2.62. The van der Waals surface area contributed by atoms with Crippen molar-refractivity contribution in [3.8, 4) is 5.75 Å². The normalized spacial score (nSPS) is 12.4. The van der Waals surface area contributed by atoms with Gasteiger partial charge in [0.15, 0.2) is 11.3 Å². The molecule has 0 spiro atoms. The highest BCUT2D eigenvalue weighted by atomic mass is 35.5. The quantitative estimate of drug-likeness (QED) is 0.185. The maximum atomic E-state index is 13.0. The molecule has 0 unspecified atom stereocenters. The van der Waals surface area contributed by atoms with Gasteiger partial charge in [-0.2, -0.15) is 19.0 Å². The molecule has 6 N–H and O–H groups in total. The number of hydrazone groups is 1. The first-order chi connectivity index (χ1) is 13.4. The summed E-state index contributed by atoms with van der Waals surface area (Å²) in [5.74, 6) is 10.6. The van der Waals surface area contributed by atoms with E-state index >= 15 is 0 Å². The summed E-state index contributed by atoms with van der Waals surface area (Å²) >= 11 is 5.59. The molecule has 0 aliphatic carbocycles. The molecule has 0 radical (unpaired) electrons. The average molecular weight is 431 g/mol. The zero-order chi connectivity index (χ0) is 21.8. The van der Waals surface area contributed by atoms with E-state index in [1.165, 1.54) is 30.9 Å². The number of nitrogens with one attached hydrogen (secondary N) is 2. The molecule has 2 rings (SSSR count). The molecule has 0 saturated carbocycles. The van der Waals surface area contributed by atoms with Crippen LogP contribution in [0, 0.1) is 0 Å². The van der Waals surface area contributed by atoms with Crippen LogP contribution in [-0.2, 0) is 11.0 Å². The number of anilines is 1. The molecule has 1 amide bonds. The number of benzene rings is 2. The first-order valence-corrected chi connectivity index (χ1v) is 8.62. The van der Waals surface area contributed by atoms with E-state index in [0.29, 0.717) is 11.4 Å².